The molecule has 0 unspecified atom stereocenters. The summed E-state index contributed by atoms with van der Waals surface area (Å²) >= 11 is 0. The summed E-state index contributed by atoms with van der Waals surface area (Å²) in [5.41, 5.74) is 1.63. The Balaban J connectivity index is 2.22. The third kappa shape index (κ3) is 1.66. The molecule has 72 valence electrons. The van der Waals surface area contributed by atoms with Crippen LogP contribution < -0.4 is 0 Å². The molecule has 0 radical (unpaired) electrons. The Hall–Kier alpha value is -2.04. The number of imidazole rings is 1. The first-order chi connectivity index (χ1) is 6.75. The van der Waals surface area contributed by atoms with E-state index >= 15 is 0 Å². The average molecular weight is 191 g/mol. The molecule has 5 heteroatoms. The van der Waals surface area contributed by atoms with Gasteiger partial charge in [-0.05, 0) is 12.1 Å². The number of carboxylic acids is 1. The maximum absolute atomic E-state index is 10.4. The summed E-state index contributed by atoms with van der Waals surface area (Å²) in [7, 11) is 0. The van der Waals surface area contributed by atoms with E-state index in [-0.39, 0.29) is 6.54 Å². The quantitative estimate of drug-likeness (QED) is 0.759. The molecule has 0 bridgehead atoms. The molecule has 5 nitrogen and oxygen atoms in total. The highest BCUT2D eigenvalue weighted by Crippen LogP contribution is 2.13. The smallest absolute Gasteiger partial charge is 0.323 e. The van der Waals surface area contributed by atoms with Crippen LogP contribution in [-0.4, -0.2) is 25.6 Å². The van der Waals surface area contributed by atoms with Gasteiger partial charge in [0.15, 0.2) is 0 Å². The fourth-order valence-corrected chi connectivity index (χ4v) is 1.23. The summed E-state index contributed by atoms with van der Waals surface area (Å²) in [5, 5.41) is 8.55. The summed E-state index contributed by atoms with van der Waals surface area (Å²) in [4.78, 5) is 17.5. The lowest BCUT2D eigenvalue weighted by Gasteiger charge is -1.93. The number of nitrogens with zero attached hydrogens (tertiary/aromatic N) is 2. The molecule has 14 heavy (non-hydrogen) atoms. The molecule has 0 atom stereocenters. The number of aromatic amines is 1. The van der Waals surface area contributed by atoms with E-state index in [0.29, 0.717) is 0 Å². The van der Waals surface area contributed by atoms with Gasteiger partial charge < -0.3 is 14.7 Å². The van der Waals surface area contributed by atoms with Gasteiger partial charge in [-0.3, -0.25) is 4.79 Å². The predicted octanol–water partition coefficient (Wildman–Crippen LogP) is 0.963. The molecule has 2 N–H and O–H groups in total. The SMILES string of the molecule is O=C(O)Cn1cnc(-c2ccc[nH]2)c1. The number of rotatable bonds is 3. The number of hydrogen-bond acceptors (Lipinski definition) is 2. The number of nitrogens with one attached hydrogen (secondary N) is 1. The minimum absolute atomic E-state index is 0.0618. The normalized spacial score (nSPS) is 10.3. The highest BCUT2D eigenvalue weighted by molar-refractivity contribution is 5.66. The largest absolute Gasteiger partial charge is 0.480 e. The van der Waals surface area contributed by atoms with Crippen molar-refractivity contribution >= 4 is 5.97 Å². The van der Waals surface area contributed by atoms with E-state index in [2.05, 4.69) is 9.97 Å². The number of carbonyl (C=O) groups is 1. The molecule has 0 aromatic carbocycles. The number of aliphatic carboxylic acids is 1. The third-order valence-corrected chi connectivity index (χ3v) is 1.82. The summed E-state index contributed by atoms with van der Waals surface area (Å²) in [6.45, 7) is -0.0618. The standard InChI is InChI=1S/C9H9N3O2/c13-9(14)5-12-4-8(11-6-12)7-2-1-3-10-7/h1-4,6,10H,5H2,(H,13,14). The lowest BCUT2D eigenvalue weighted by atomic mass is 10.3. The second-order valence-electron chi connectivity index (χ2n) is 2.91. The fraction of sp³-hybridized carbons (Fsp3) is 0.111. The molecule has 0 aliphatic heterocycles. The Morgan fingerprint density at radius 1 is 1.64 bits per heavy atom. The maximum atomic E-state index is 10.4. The molecule has 0 aliphatic carbocycles. The van der Waals surface area contributed by atoms with Gasteiger partial charge in [-0.2, -0.15) is 0 Å². The van der Waals surface area contributed by atoms with Crippen LogP contribution in [0.2, 0.25) is 0 Å². The molecule has 2 heterocycles. The first kappa shape index (κ1) is 8.55. The Labute approximate surface area is 80.0 Å². The van der Waals surface area contributed by atoms with Gasteiger partial charge in [-0.1, -0.05) is 0 Å². The van der Waals surface area contributed by atoms with E-state index in [1.54, 1.807) is 12.4 Å². The van der Waals surface area contributed by atoms with E-state index in [0.717, 1.165) is 11.4 Å². The zero-order chi connectivity index (χ0) is 9.97. The molecule has 2 aromatic rings. The molecule has 0 saturated carbocycles. The van der Waals surface area contributed by atoms with Crippen LogP contribution in [0.5, 0.6) is 0 Å². The predicted molar refractivity (Wildman–Crippen MR) is 49.6 cm³/mol. The molecule has 0 aliphatic rings. The highest BCUT2D eigenvalue weighted by atomic mass is 16.4. The van der Waals surface area contributed by atoms with Gasteiger partial charge in [0.1, 0.15) is 12.2 Å². The molecule has 0 spiro atoms. The molecule has 0 saturated heterocycles. The van der Waals surface area contributed by atoms with Crippen LogP contribution in [-0.2, 0) is 11.3 Å². The van der Waals surface area contributed by atoms with E-state index in [1.807, 2.05) is 12.1 Å². The zero-order valence-corrected chi connectivity index (χ0v) is 7.34. The minimum Gasteiger partial charge on any atom is -0.480 e. The Kier molecular flexibility index (Phi) is 2.06. The maximum Gasteiger partial charge on any atom is 0.323 e. The third-order valence-electron chi connectivity index (χ3n) is 1.82. The van der Waals surface area contributed by atoms with E-state index in [1.165, 1.54) is 10.9 Å². The average Bonchev–Trinajstić information content (AvgIpc) is 2.69. The Bertz CT molecular complexity index is 431. The van der Waals surface area contributed by atoms with E-state index in [4.69, 9.17) is 5.11 Å². The van der Waals surface area contributed by atoms with Crippen LogP contribution in [0.1, 0.15) is 0 Å². The van der Waals surface area contributed by atoms with Gasteiger partial charge >= 0.3 is 5.97 Å². The van der Waals surface area contributed by atoms with Crippen LogP contribution in [0, 0.1) is 0 Å². The second-order valence-corrected chi connectivity index (χ2v) is 2.91. The number of hydrogen-bond donors (Lipinski definition) is 2. The van der Waals surface area contributed by atoms with Gasteiger partial charge in [-0.25, -0.2) is 4.98 Å². The summed E-state index contributed by atoms with van der Waals surface area (Å²) in [6.07, 6.45) is 5.00. The monoisotopic (exact) mass is 191 g/mol. The number of H-pyrrole nitrogens is 1. The van der Waals surface area contributed by atoms with Crippen molar-refractivity contribution in [2.24, 2.45) is 0 Å². The van der Waals surface area contributed by atoms with Crippen molar-refractivity contribution in [2.45, 2.75) is 6.54 Å². The molecular weight excluding hydrogens is 182 g/mol. The van der Waals surface area contributed by atoms with Gasteiger partial charge in [0, 0.05) is 12.4 Å². The van der Waals surface area contributed by atoms with Crippen LogP contribution >= 0.6 is 0 Å². The fourth-order valence-electron chi connectivity index (χ4n) is 1.23. The number of aromatic nitrogens is 3. The van der Waals surface area contributed by atoms with Gasteiger partial charge in [0.2, 0.25) is 0 Å². The molecule has 0 fully saturated rings. The Morgan fingerprint density at radius 3 is 3.14 bits per heavy atom. The van der Waals surface area contributed by atoms with E-state index in [9.17, 15) is 4.79 Å². The zero-order valence-electron chi connectivity index (χ0n) is 7.34. The summed E-state index contributed by atoms with van der Waals surface area (Å²) in [5.74, 6) is -0.875. The lowest BCUT2D eigenvalue weighted by molar-refractivity contribution is -0.137. The van der Waals surface area contributed by atoms with Crippen LogP contribution in [0.25, 0.3) is 11.4 Å². The van der Waals surface area contributed by atoms with Crippen LogP contribution in [0.15, 0.2) is 30.9 Å². The van der Waals surface area contributed by atoms with Crippen molar-refractivity contribution in [3.8, 4) is 11.4 Å². The van der Waals surface area contributed by atoms with Crippen LogP contribution in [0.4, 0.5) is 0 Å². The van der Waals surface area contributed by atoms with Crippen molar-refractivity contribution in [3.05, 3.63) is 30.9 Å². The molecule has 2 rings (SSSR count). The topological polar surface area (TPSA) is 70.9 Å². The lowest BCUT2D eigenvalue weighted by Crippen LogP contribution is -2.06. The summed E-state index contributed by atoms with van der Waals surface area (Å²) < 4.78 is 1.53. The van der Waals surface area contributed by atoms with Crippen LogP contribution in [0.3, 0.4) is 0 Å². The molecule has 2 aromatic heterocycles. The first-order valence-corrected chi connectivity index (χ1v) is 4.13. The Morgan fingerprint density at radius 2 is 2.50 bits per heavy atom. The van der Waals surface area contributed by atoms with E-state index < -0.39 is 5.97 Å². The van der Waals surface area contributed by atoms with Crippen molar-refractivity contribution in [2.75, 3.05) is 0 Å². The molecular formula is C9H9N3O2. The van der Waals surface area contributed by atoms with Gasteiger partial charge in [0.05, 0.1) is 12.0 Å². The van der Waals surface area contributed by atoms with Gasteiger partial charge in [-0.15, -0.1) is 0 Å². The van der Waals surface area contributed by atoms with Crippen molar-refractivity contribution in [1.82, 2.24) is 14.5 Å². The second kappa shape index (κ2) is 3.37. The number of carboxylic acid groups (broad SMARTS) is 1. The first-order valence-electron chi connectivity index (χ1n) is 4.13. The van der Waals surface area contributed by atoms with Gasteiger partial charge in [0.25, 0.3) is 0 Å². The summed E-state index contributed by atoms with van der Waals surface area (Å²) in [6, 6.07) is 3.75. The highest BCUT2D eigenvalue weighted by Gasteiger charge is 2.04. The van der Waals surface area contributed by atoms with Crippen molar-refractivity contribution < 1.29 is 9.90 Å². The molecule has 0 amide bonds. The minimum atomic E-state index is -0.875. The van der Waals surface area contributed by atoms with Crippen molar-refractivity contribution in [3.63, 3.8) is 0 Å². The van der Waals surface area contributed by atoms with Crippen molar-refractivity contribution in [1.29, 1.82) is 0 Å².